The first kappa shape index (κ1) is 8.97. The van der Waals surface area contributed by atoms with Gasteiger partial charge in [-0.2, -0.15) is 0 Å². The Morgan fingerprint density at radius 3 is 2.09 bits per heavy atom. The molecule has 0 radical (unpaired) electrons. The van der Waals surface area contributed by atoms with Crippen molar-refractivity contribution in [3.8, 4) is 0 Å². The van der Waals surface area contributed by atoms with Gasteiger partial charge < -0.3 is 14.9 Å². The molecule has 11 heavy (non-hydrogen) atoms. The van der Waals surface area contributed by atoms with Crippen LogP contribution in [0.1, 0.15) is 20.8 Å². The van der Waals surface area contributed by atoms with Crippen molar-refractivity contribution in [3.05, 3.63) is 0 Å². The molecule has 66 valence electrons. The second kappa shape index (κ2) is 3.09. The molecule has 1 aliphatic heterocycles. The molecule has 2 N–H and O–H groups in total. The molecule has 1 saturated heterocycles. The molecule has 3 nitrogen and oxygen atoms in total. The fourth-order valence-corrected chi connectivity index (χ4v) is 1.63. The molecular weight excluding hydrogens is 144 g/mol. The van der Waals surface area contributed by atoms with Crippen molar-refractivity contribution in [2.24, 2.45) is 5.92 Å². The van der Waals surface area contributed by atoms with Crippen LogP contribution < -0.4 is 0 Å². The molecule has 0 aromatic rings. The highest BCUT2D eigenvalue weighted by atomic mass is 16.5. The van der Waals surface area contributed by atoms with E-state index in [1.807, 2.05) is 13.8 Å². The first-order chi connectivity index (χ1) is 5.04. The number of rotatable bonds is 1. The van der Waals surface area contributed by atoms with Gasteiger partial charge >= 0.3 is 0 Å². The molecule has 0 aromatic heterocycles. The Balaban J connectivity index is 2.59. The average Bonchev–Trinajstić information content (AvgIpc) is 2.17. The molecule has 1 fully saturated rings. The van der Waals surface area contributed by atoms with Crippen LogP contribution in [0.15, 0.2) is 0 Å². The standard InChI is InChI=1S/C8H16O3/c1-4-7(10)6(3)11-8(4)5(2)9/h4-10H,1-3H3/t4-,5-,6-,7+,8-/m0/s1. The zero-order valence-electron chi connectivity index (χ0n) is 7.19. The quantitative estimate of drug-likeness (QED) is 0.574. The summed E-state index contributed by atoms with van der Waals surface area (Å²) in [6, 6.07) is 0. The van der Waals surface area contributed by atoms with Crippen LogP contribution in [0.3, 0.4) is 0 Å². The number of hydrogen-bond acceptors (Lipinski definition) is 3. The Hall–Kier alpha value is -0.120. The van der Waals surface area contributed by atoms with Crippen LogP contribution in [0, 0.1) is 5.92 Å². The Kier molecular flexibility index (Phi) is 2.52. The number of aliphatic hydroxyl groups excluding tert-OH is 2. The van der Waals surface area contributed by atoms with Crippen molar-refractivity contribution >= 4 is 0 Å². The predicted octanol–water partition coefficient (Wildman–Crippen LogP) is 0.151. The monoisotopic (exact) mass is 160 g/mol. The summed E-state index contributed by atoms with van der Waals surface area (Å²) in [4.78, 5) is 0. The van der Waals surface area contributed by atoms with Crippen LogP contribution in [0.4, 0.5) is 0 Å². The third-order valence-corrected chi connectivity index (χ3v) is 2.39. The normalized spacial score (nSPS) is 47.7. The van der Waals surface area contributed by atoms with E-state index in [9.17, 15) is 10.2 Å². The van der Waals surface area contributed by atoms with Crippen molar-refractivity contribution in [1.29, 1.82) is 0 Å². The SMILES string of the molecule is C[C@H]1[C@@H](O)[C@H](C)O[C@@H]1[C@H](C)O. The lowest BCUT2D eigenvalue weighted by Crippen LogP contribution is -2.30. The van der Waals surface area contributed by atoms with E-state index in [-0.39, 0.29) is 18.1 Å². The van der Waals surface area contributed by atoms with Crippen molar-refractivity contribution in [2.45, 2.75) is 45.2 Å². The first-order valence-electron chi connectivity index (χ1n) is 4.05. The number of ether oxygens (including phenoxy) is 1. The molecule has 0 spiro atoms. The van der Waals surface area contributed by atoms with Crippen molar-refractivity contribution in [1.82, 2.24) is 0 Å². The van der Waals surface area contributed by atoms with Crippen molar-refractivity contribution in [2.75, 3.05) is 0 Å². The highest BCUT2D eigenvalue weighted by molar-refractivity contribution is 4.88. The van der Waals surface area contributed by atoms with Crippen LogP contribution in [-0.4, -0.2) is 34.6 Å². The Morgan fingerprint density at radius 1 is 1.36 bits per heavy atom. The lowest BCUT2D eigenvalue weighted by Gasteiger charge is -2.17. The Morgan fingerprint density at radius 2 is 1.91 bits per heavy atom. The van der Waals surface area contributed by atoms with Gasteiger partial charge in [0.05, 0.1) is 24.4 Å². The molecule has 0 aromatic carbocycles. The summed E-state index contributed by atoms with van der Waals surface area (Å²) in [5, 5.41) is 18.7. The molecular formula is C8H16O3. The Bertz CT molecular complexity index is 135. The van der Waals surface area contributed by atoms with E-state index in [0.29, 0.717) is 0 Å². The molecule has 0 aliphatic carbocycles. The highest BCUT2D eigenvalue weighted by Crippen LogP contribution is 2.28. The molecule has 0 amide bonds. The third-order valence-electron chi connectivity index (χ3n) is 2.39. The van der Waals surface area contributed by atoms with E-state index in [1.165, 1.54) is 0 Å². The number of hydrogen-bond donors (Lipinski definition) is 2. The second-order valence-electron chi connectivity index (χ2n) is 3.40. The molecule has 1 rings (SSSR count). The predicted molar refractivity (Wildman–Crippen MR) is 41.2 cm³/mol. The smallest absolute Gasteiger partial charge is 0.0887 e. The summed E-state index contributed by atoms with van der Waals surface area (Å²) in [7, 11) is 0. The molecule has 5 atom stereocenters. The zero-order chi connectivity index (χ0) is 8.59. The van der Waals surface area contributed by atoms with Crippen LogP contribution in [-0.2, 0) is 4.74 Å². The summed E-state index contributed by atoms with van der Waals surface area (Å²) in [6.45, 7) is 5.40. The lowest BCUT2D eigenvalue weighted by atomic mass is 9.96. The van der Waals surface area contributed by atoms with Crippen LogP contribution in [0.2, 0.25) is 0 Å². The van der Waals surface area contributed by atoms with Crippen LogP contribution in [0.5, 0.6) is 0 Å². The van der Waals surface area contributed by atoms with Crippen molar-refractivity contribution < 1.29 is 14.9 Å². The highest BCUT2D eigenvalue weighted by Gasteiger charge is 2.40. The number of aliphatic hydroxyl groups is 2. The fourth-order valence-electron chi connectivity index (χ4n) is 1.63. The minimum atomic E-state index is -0.496. The fraction of sp³-hybridized carbons (Fsp3) is 1.00. The average molecular weight is 160 g/mol. The van der Waals surface area contributed by atoms with E-state index in [2.05, 4.69) is 0 Å². The van der Waals surface area contributed by atoms with E-state index >= 15 is 0 Å². The molecule has 0 saturated carbocycles. The molecule has 0 unspecified atom stereocenters. The molecule has 0 bridgehead atoms. The summed E-state index contributed by atoms with van der Waals surface area (Å²) in [5.41, 5.74) is 0. The van der Waals surface area contributed by atoms with E-state index in [4.69, 9.17) is 4.74 Å². The van der Waals surface area contributed by atoms with Gasteiger partial charge in [0, 0.05) is 5.92 Å². The maximum atomic E-state index is 9.45. The second-order valence-corrected chi connectivity index (χ2v) is 3.40. The van der Waals surface area contributed by atoms with Gasteiger partial charge in [-0.05, 0) is 13.8 Å². The topological polar surface area (TPSA) is 49.7 Å². The Labute approximate surface area is 67.0 Å². The van der Waals surface area contributed by atoms with Crippen molar-refractivity contribution in [3.63, 3.8) is 0 Å². The van der Waals surface area contributed by atoms with Crippen LogP contribution >= 0.6 is 0 Å². The van der Waals surface area contributed by atoms with Gasteiger partial charge in [0.2, 0.25) is 0 Å². The van der Waals surface area contributed by atoms with Gasteiger partial charge in [-0.25, -0.2) is 0 Å². The minimum Gasteiger partial charge on any atom is -0.391 e. The van der Waals surface area contributed by atoms with Gasteiger partial charge in [-0.15, -0.1) is 0 Å². The van der Waals surface area contributed by atoms with Crippen LogP contribution in [0.25, 0.3) is 0 Å². The lowest BCUT2D eigenvalue weighted by molar-refractivity contribution is -0.0357. The van der Waals surface area contributed by atoms with E-state index < -0.39 is 12.2 Å². The van der Waals surface area contributed by atoms with Gasteiger partial charge in [-0.3, -0.25) is 0 Å². The van der Waals surface area contributed by atoms with Gasteiger partial charge in [0.1, 0.15) is 0 Å². The molecule has 3 heteroatoms. The largest absolute Gasteiger partial charge is 0.391 e. The van der Waals surface area contributed by atoms with Gasteiger partial charge in [0.25, 0.3) is 0 Å². The summed E-state index contributed by atoms with van der Waals surface area (Å²) in [5.74, 6) is 0.0324. The van der Waals surface area contributed by atoms with E-state index in [1.54, 1.807) is 6.92 Å². The van der Waals surface area contributed by atoms with E-state index in [0.717, 1.165) is 0 Å². The van der Waals surface area contributed by atoms with Gasteiger partial charge in [-0.1, -0.05) is 6.92 Å². The van der Waals surface area contributed by atoms with Gasteiger partial charge in [0.15, 0.2) is 0 Å². The maximum Gasteiger partial charge on any atom is 0.0887 e. The summed E-state index contributed by atoms with van der Waals surface area (Å²) < 4.78 is 5.35. The minimum absolute atomic E-state index is 0.0324. The first-order valence-corrected chi connectivity index (χ1v) is 4.05. The zero-order valence-corrected chi connectivity index (χ0v) is 7.19. The summed E-state index contributed by atoms with van der Waals surface area (Å²) >= 11 is 0. The molecule has 1 heterocycles. The third kappa shape index (κ3) is 1.55. The maximum absolute atomic E-state index is 9.45. The molecule has 1 aliphatic rings. The summed E-state index contributed by atoms with van der Waals surface area (Å²) in [6.07, 6.45) is -1.29.